The molecule has 3 nitrogen and oxygen atoms in total. The van der Waals surface area contributed by atoms with Crippen LogP contribution in [0.4, 0.5) is 0 Å². The van der Waals surface area contributed by atoms with E-state index in [-0.39, 0.29) is 0 Å². The molecular formula is C15H11NO2. The van der Waals surface area contributed by atoms with Crippen LogP contribution < -0.4 is 4.74 Å². The average molecular weight is 237 g/mol. The first-order chi connectivity index (χ1) is 8.79. The van der Waals surface area contributed by atoms with E-state index in [1.165, 1.54) is 0 Å². The number of benzene rings is 2. The summed E-state index contributed by atoms with van der Waals surface area (Å²) in [6.45, 7) is 0.437. The lowest BCUT2D eigenvalue weighted by Gasteiger charge is -2.12. The second-order valence-electron chi connectivity index (χ2n) is 4.25. The number of fused-ring (bicyclic) bond motifs is 2. The molecule has 2 aromatic carbocycles. The maximum atomic E-state index is 10.4. The number of hydrogen-bond acceptors (Lipinski definition) is 3. The highest BCUT2D eigenvalue weighted by atomic mass is 16.5. The molecule has 3 rings (SSSR count). The van der Waals surface area contributed by atoms with Gasteiger partial charge in [-0.3, -0.25) is 0 Å². The fraction of sp³-hybridized carbons (Fsp3) is 0.133. The van der Waals surface area contributed by atoms with Crippen molar-refractivity contribution in [2.45, 2.75) is 12.7 Å². The number of hydrogen-bond donors (Lipinski definition) is 1. The van der Waals surface area contributed by atoms with Crippen LogP contribution in [0.3, 0.4) is 0 Å². The van der Waals surface area contributed by atoms with E-state index in [9.17, 15) is 5.11 Å². The monoisotopic (exact) mass is 237 g/mol. The molecule has 1 aliphatic heterocycles. The Morgan fingerprint density at radius 3 is 2.83 bits per heavy atom. The van der Waals surface area contributed by atoms with E-state index in [1.54, 1.807) is 18.2 Å². The molecule has 1 heterocycles. The van der Waals surface area contributed by atoms with Gasteiger partial charge in [-0.15, -0.1) is 0 Å². The molecule has 0 amide bonds. The van der Waals surface area contributed by atoms with Crippen LogP contribution in [0.25, 0.3) is 0 Å². The van der Waals surface area contributed by atoms with Crippen LogP contribution in [0.5, 0.6) is 5.75 Å². The smallest absolute Gasteiger partial charge is 0.126 e. The highest BCUT2D eigenvalue weighted by Gasteiger charge is 2.22. The number of aliphatic hydroxyl groups is 1. The minimum absolute atomic E-state index is 0.437. The summed E-state index contributed by atoms with van der Waals surface area (Å²) >= 11 is 0. The highest BCUT2D eigenvalue weighted by Crippen LogP contribution is 2.35. The van der Waals surface area contributed by atoms with Crippen LogP contribution >= 0.6 is 0 Å². The zero-order valence-electron chi connectivity index (χ0n) is 9.63. The maximum absolute atomic E-state index is 10.4. The average Bonchev–Trinajstić information content (AvgIpc) is 2.57. The van der Waals surface area contributed by atoms with Crippen molar-refractivity contribution in [1.29, 1.82) is 5.26 Å². The molecule has 0 spiro atoms. The summed E-state index contributed by atoms with van der Waals surface area (Å²) in [5, 5.41) is 19.3. The third-order valence-corrected chi connectivity index (χ3v) is 3.17. The van der Waals surface area contributed by atoms with Gasteiger partial charge in [-0.25, -0.2) is 0 Å². The number of aliphatic hydroxyl groups excluding tert-OH is 1. The lowest BCUT2D eigenvalue weighted by Crippen LogP contribution is -2.01. The summed E-state index contributed by atoms with van der Waals surface area (Å²) in [5.74, 6) is 0.637. The van der Waals surface area contributed by atoms with Crippen molar-refractivity contribution in [2.75, 3.05) is 0 Å². The van der Waals surface area contributed by atoms with Crippen molar-refractivity contribution >= 4 is 0 Å². The minimum Gasteiger partial charge on any atom is -0.488 e. The Kier molecular flexibility index (Phi) is 2.51. The first kappa shape index (κ1) is 10.8. The zero-order valence-corrected chi connectivity index (χ0v) is 9.63. The summed E-state index contributed by atoms with van der Waals surface area (Å²) < 4.78 is 5.68. The van der Waals surface area contributed by atoms with Gasteiger partial charge in [0.2, 0.25) is 0 Å². The van der Waals surface area contributed by atoms with Crippen molar-refractivity contribution in [3.63, 3.8) is 0 Å². The van der Waals surface area contributed by atoms with Crippen molar-refractivity contribution in [2.24, 2.45) is 0 Å². The fourth-order valence-electron chi connectivity index (χ4n) is 2.22. The van der Waals surface area contributed by atoms with Crippen LogP contribution in [-0.2, 0) is 6.61 Å². The molecule has 1 unspecified atom stereocenters. The molecule has 3 heteroatoms. The van der Waals surface area contributed by atoms with E-state index in [0.29, 0.717) is 23.5 Å². The van der Waals surface area contributed by atoms with Crippen LogP contribution in [0, 0.1) is 11.3 Å². The van der Waals surface area contributed by atoms with Crippen molar-refractivity contribution in [3.8, 4) is 11.8 Å². The predicted molar refractivity (Wildman–Crippen MR) is 66.0 cm³/mol. The van der Waals surface area contributed by atoms with Crippen LogP contribution in [0.2, 0.25) is 0 Å². The molecule has 18 heavy (non-hydrogen) atoms. The van der Waals surface area contributed by atoms with E-state index in [1.807, 2.05) is 24.3 Å². The standard InChI is InChI=1S/C15H11NO2/c16-8-10-5-6-14-13(7-10)15(17)12-4-2-1-3-11(12)9-18-14/h1-7,15,17H,9H2. The minimum atomic E-state index is -0.744. The summed E-state index contributed by atoms with van der Waals surface area (Å²) in [6.07, 6.45) is -0.744. The lowest BCUT2D eigenvalue weighted by molar-refractivity contribution is 0.218. The molecule has 2 aromatic rings. The third-order valence-electron chi connectivity index (χ3n) is 3.17. The Hall–Kier alpha value is -2.31. The number of nitriles is 1. The SMILES string of the molecule is N#Cc1ccc2c(c1)C(O)c1ccccc1CO2. The second-order valence-corrected chi connectivity index (χ2v) is 4.25. The zero-order chi connectivity index (χ0) is 12.5. The Morgan fingerprint density at radius 2 is 2.00 bits per heavy atom. The molecule has 0 radical (unpaired) electrons. The van der Waals surface area contributed by atoms with Gasteiger partial charge < -0.3 is 9.84 Å². The summed E-state index contributed by atoms with van der Waals surface area (Å²) in [7, 11) is 0. The van der Waals surface area contributed by atoms with E-state index < -0.39 is 6.10 Å². The van der Waals surface area contributed by atoms with Gasteiger partial charge >= 0.3 is 0 Å². The van der Waals surface area contributed by atoms with E-state index in [0.717, 1.165) is 11.1 Å². The predicted octanol–water partition coefficient (Wildman–Crippen LogP) is 2.53. The second kappa shape index (κ2) is 4.17. The Labute approximate surface area is 105 Å². The lowest BCUT2D eigenvalue weighted by atomic mass is 9.96. The quantitative estimate of drug-likeness (QED) is 0.766. The van der Waals surface area contributed by atoms with Crippen LogP contribution in [0.1, 0.15) is 28.4 Å². The largest absolute Gasteiger partial charge is 0.488 e. The summed E-state index contributed by atoms with van der Waals surface area (Å²) in [4.78, 5) is 0. The van der Waals surface area contributed by atoms with E-state index in [4.69, 9.17) is 10.00 Å². The Morgan fingerprint density at radius 1 is 1.17 bits per heavy atom. The van der Waals surface area contributed by atoms with Crippen molar-refractivity contribution in [1.82, 2.24) is 0 Å². The molecule has 0 aliphatic carbocycles. The fourth-order valence-corrected chi connectivity index (χ4v) is 2.22. The molecule has 1 atom stereocenters. The normalized spacial score (nSPS) is 16.8. The van der Waals surface area contributed by atoms with Gasteiger partial charge in [0.05, 0.1) is 11.6 Å². The molecular weight excluding hydrogens is 226 g/mol. The Balaban J connectivity index is 2.18. The van der Waals surface area contributed by atoms with Gasteiger partial charge in [0.1, 0.15) is 18.5 Å². The van der Waals surface area contributed by atoms with Crippen molar-refractivity contribution < 1.29 is 9.84 Å². The molecule has 0 bridgehead atoms. The number of nitrogens with zero attached hydrogens (tertiary/aromatic N) is 1. The molecule has 0 fully saturated rings. The van der Waals surface area contributed by atoms with E-state index >= 15 is 0 Å². The third kappa shape index (κ3) is 1.64. The molecule has 1 N–H and O–H groups in total. The van der Waals surface area contributed by atoms with Gasteiger partial charge in [0, 0.05) is 5.56 Å². The van der Waals surface area contributed by atoms with Gasteiger partial charge in [0.25, 0.3) is 0 Å². The molecule has 88 valence electrons. The summed E-state index contributed by atoms with van der Waals surface area (Å²) in [5.41, 5.74) is 2.99. The first-order valence-corrected chi connectivity index (χ1v) is 5.72. The van der Waals surface area contributed by atoms with Crippen LogP contribution in [-0.4, -0.2) is 5.11 Å². The maximum Gasteiger partial charge on any atom is 0.126 e. The van der Waals surface area contributed by atoms with Gasteiger partial charge in [0.15, 0.2) is 0 Å². The van der Waals surface area contributed by atoms with Crippen LogP contribution in [0.15, 0.2) is 42.5 Å². The molecule has 0 saturated carbocycles. The first-order valence-electron chi connectivity index (χ1n) is 5.72. The number of rotatable bonds is 0. The summed E-state index contributed by atoms with van der Waals surface area (Å²) in [6, 6.07) is 14.8. The molecule has 1 aliphatic rings. The van der Waals surface area contributed by atoms with Crippen molar-refractivity contribution in [3.05, 3.63) is 64.7 Å². The van der Waals surface area contributed by atoms with Gasteiger partial charge in [-0.1, -0.05) is 24.3 Å². The van der Waals surface area contributed by atoms with Gasteiger partial charge in [-0.05, 0) is 29.3 Å². The molecule has 0 aromatic heterocycles. The highest BCUT2D eigenvalue weighted by molar-refractivity contribution is 5.48. The molecule has 0 saturated heterocycles. The Bertz CT molecular complexity index is 643. The van der Waals surface area contributed by atoms with Gasteiger partial charge in [-0.2, -0.15) is 5.26 Å². The topological polar surface area (TPSA) is 53.2 Å². The van der Waals surface area contributed by atoms with E-state index in [2.05, 4.69) is 6.07 Å². The number of ether oxygens (including phenoxy) is 1.